The minimum absolute atomic E-state index is 0.174. The zero-order valence-electron chi connectivity index (χ0n) is 22.8. The molecule has 1 saturated heterocycles. The molecule has 2 aliphatic rings. The van der Waals surface area contributed by atoms with Crippen LogP contribution in [0.25, 0.3) is 0 Å². The van der Waals surface area contributed by atoms with Gasteiger partial charge in [-0.25, -0.2) is 0 Å². The van der Waals surface area contributed by atoms with E-state index in [-0.39, 0.29) is 11.8 Å². The van der Waals surface area contributed by atoms with E-state index in [9.17, 15) is 9.90 Å². The minimum Gasteiger partial charge on any atom is -0.382 e. The van der Waals surface area contributed by atoms with Crippen LogP contribution >= 0.6 is 0 Å². The van der Waals surface area contributed by atoms with Crippen LogP contribution in [0.4, 0.5) is 15.5 Å². The topological polar surface area (TPSA) is 80.5 Å². The molecule has 206 valence electrons. The van der Waals surface area contributed by atoms with Gasteiger partial charge in [-0.3, -0.25) is 14.4 Å². The predicted molar refractivity (Wildman–Crippen MR) is 153 cm³/mol. The predicted octanol–water partition coefficient (Wildman–Crippen LogP) is 5.90. The van der Waals surface area contributed by atoms with Crippen molar-refractivity contribution in [1.29, 1.82) is 0 Å². The number of aliphatic hydroxyl groups excluding tert-OH is 1. The molecule has 0 bridgehead atoms. The lowest BCUT2D eigenvalue weighted by atomic mass is 9.82. The maximum atomic E-state index is 16.0. The Labute approximate surface area is 234 Å². The summed E-state index contributed by atoms with van der Waals surface area (Å²) in [4.78, 5) is 16.1. The largest absolute Gasteiger partial charge is 0.382 e. The summed E-state index contributed by atoms with van der Waals surface area (Å²) in [5.41, 5.74) is 1.83. The van der Waals surface area contributed by atoms with Crippen LogP contribution in [0.15, 0.2) is 91.1 Å². The lowest BCUT2D eigenvalue weighted by Gasteiger charge is -2.31. The van der Waals surface area contributed by atoms with E-state index in [1.54, 1.807) is 28.9 Å². The van der Waals surface area contributed by atoms with Crippen LogP contribution in [0.2, 0.25) is 18.6 Å². The van der Waals surface area contributed by atoms with Gasteiger partial charge in [-0.1, -0.05) is 78.9 Å². The third-order valence-electron chi connectivity index (χ3n) is 8.39. The van der Waals surface area contributed by atoms with Crippen molar-refractivity contribution in [2.75, 3.05) is 4.90 Å². The van der Waals surface area contributed by atoms with E-state index in [4.69, 9.17) is 4.74 Å². The molecule has 1 N–H and O–H groups in total. The first-order valence-corrected chi connectivity index (χ1v) is 16.7. The van der Waals surface area contributed by atoms with Gasteiger partial charge in [0.15, 0.2) is 5.60 Å². The maximum Gasteiger partial charge on any atom is 0.268 e. The van der Waals surface area contributed by atoms with Crippen LogP contribution in [0, 0.1) is 5.92 Å². The highest BCUT2D eigenvalue weighted by atomic mass is 28.4. The van der Waals surface area contributed by atoms with Gasteiger partial charge in [-0.05, 0) is 43.3 Å². The molecular weight excluding hydrogens is 523 g/mol. The average Bonchev–Trinajstić information content (AvgIpc) is 3.62. The standard InChI is InChI=1S/C31H33FN4O3Si/c1-21-29(40(2,3)32)27(18-19-35-20-25(33-34-35)28(37)22-12-6-4-7-13-22)39-31(21)24-16-10-11-17-26(24)36(30(31)38)23-14-8-5-9-15-23/h4-17,20-21,27-29,37H,18-19H2,1-3H3/t21-,27+,28+,29-,31+/m0/s1. The van der Waals surface area contributed by atoms with Crippen molar-refractivity contribution in [1.82, 2.24) is 15.0 Å². The Balaban J connectivity index is 1.30. The fourth-order valence-corrected chi connectivity index (χ4v) is 9.19. The molecule has 1 aromatic heterocycles. The number of fused-ring (bicyclic) bond motifs is 2. The summed E-state index contributed by atoms with van der Waals surface area (Å²) in [5, 5.41) is 19.1. The van der Waals surface area contributed by atoms with Crippen molar-refractivity contribution < 1.29 is 18.7 Å². The van der Waals surface area contributed by atoms with Crippen LogP contribution in [-0.4, -0.2) is 40.5 Å². The van der Waals surface area contributed by atoms with E-state index in [2.05, 4.69) is 10.3 Å². The highest BCUT2D eigenvalue weighted by Crippen LogP contribution is 2.61. The number of hydrogen-bond donors (Lipinski definition) is 1. The summed E-state index contributed by atoms with van der Waals surface area (Å²) in [6.45, 7) is 5.79. The number of anilines is 2. The minimum atomic E-state index is -3.27. The van der Waals surface area contributed by atoms with Gasteiger partial charge in [0.2, 0.25) is 8.41 Å². The quantitative estimate of drug-likeness (QED) is 0.226. The molecule has 0 aliphatic carbocycles. The Bertz CT molecular complexity index is 1510. The first-order chi connectivity index (χ1) is 19.2. The molecule has 1 spiro atoms. The number of aliphatic hydroxyl groups is 1. The van der Waals surface area contributed by atoms with Crippen LogP contribution in [0.1, 0.15) is 36.3 Å². The molecule has 0 saturated carbocycles. The van der Waals surface area contributed by atoms with Crippen molar-refractivity contribution >= 4 is 25.7 Å². The first-order valence-electron chi connectivity index (χ1n) is 13.7. The fourth-order valence-electron chi connectivity index (χ4n) is 6.64. The molecule has 40 heavy (non-hydrogen) atoms. The van der Waals surface area contributed by atoms with Crippen molar-refractivity contribution in [2.24, 2.45) is 5.92 Å². The van der Waals surface area contributed by atoms with E-state index >= 15 is 4.11 Å². The van der Waals surface area contributed by atoms with Crippen molar-refractivity contribution in [3.05, 3.63) is 108 Å². The summed E-state index contributed by atoms with van der Waals surface area (Å²) in [6, 6.07) is 26.5. The van der Waals surface area contributed by atoms with Gasteiger partial charge in [0.1, 0.15) is 11.8 Å². The Kier molecular flexibility index (Phi) is 6.68. The second-order valence-electron chi connectivity index (χ2n) is 11.3. The number of para-hydroxylation sites is 2. The number of hydrogen-bond acceptors (Lipinski definition) is 5. The van der Waals surface area contributed by atoms with E-state index < -0.39 is 31.8 Å². The molecule has 0 unspecified atom stereocenters. The Hall–Kier alpha value is -3.66. The third kappa shape index (κ3) is 4.29. The molecule has 5 atom stereocenters. The summed E-state index contributed by atoms with van der Waals surface area (Å²) in [7, 11) is -3.27. The van der Waals surface area contributed by atoms with E-state index in [1.807, 2.05) is 91.9 Å². The summed E-state index contributed by atoms with van der Waals surface area (Å²) < 4.78 is 24.5. The molecule has 1 amide bonds. The lowest BCUT2D eigenvalue weighted by molar-refractivity contribution is -0.145. The maximum absolute atomic E-state index is 16.0. The van der Waals surface area contributed by atoms with Crippen LogP contribution in [-0.2, 0) is 21.7 Å². The van der Waals surface area contributed by atoms with Crippen molar-refractivity contribution in [3.63, 3.8) is 0 Å². The number of aryl methyl sites for hydroxylation is 1. The monoisotopic (exact) mass is 556 g/mol. The molecule has 1 fully saturated rings. The summed E-state index contributed by atoms with van der Waals surface area (Å²) in [5.74, 6) is -0.537. The van der Waals surface area contributed by atoms with Gasteiger partial charge in [0.05, 0.1) is 18.0 Å². The SMILES string of the molecule is C[C@H]1[C@H]([Si](C)(C)F)[C@@H](CCn2cc([C@H](O)c3ccccc3)nn2)O[C@]12C(=O)N(c1ccccc1)c1ccccc12. The van der Waals surface area contributed by atoms with E-state index in [0.29, 0.717) is 18.7 Å². The number of nitrogens with zero attached hydrogens (tertiary/aromatic N) is 4. The number of carbonyl (C=O) groups excluding carboxylic acids is 1. The van der Waals surface area contributed by atoms with Crippen molar-refractivity contribution in [2.45, 2.75) is 56.3 Å². The smallest absolute Gasteiger partial charge is 0.268 e. The highest BCUT2D eigenvalue weighted by Gasteiger charge is 2.66. The number of ether oxygens (including phenoxy) is 1. The van der Waals surface area contributed by atoms with Gasteiger partial charge in [-0.15, -0.1) is 5.10 Å². The van der Waals surface area contributed by atoms with Gasteiger partial charge in [0, 0.05) is 29.3 Å². The Morgan fingerprint density at radius 1 is 1.02 bits per heavy atom. The lowest BCUT2D eigenvalue weighted by Crippen LogP contribution is -2.44. The zero-order valence-corrected chi connectivity index (χ0v) is 23.8. The molecule has 4 aromatic rings. The van der Waals surface area contributed by atoms with Gasteiger partial charge in [0.25, 0.3) is 5.91 Å². The number of rotatable bonds is 7. The summed E-state index contributed by atoms with van der Waals surface area (Å²) >= 11 is 0. The second kappa shape index (κ2) is 10.1. The Morgan fingerprint density at radius 2 is 1.68 bits per heavy atom. The molecule has 9 heteroatoms. The molecular formula is C31H33FN4O3Si. The highest BCUT2D eigenvalue weighted by molar-refractivity contribution is 6.72. The number of halogens is 1. The number of aromatic nitrogens is 3. The van der Waals surface area contributed by atoms with Crippen LogP contribution < -0.4 is 4.90 Å². The second-order valence-corrected chi connectivity index (χ2v) is 15.1. The van der Waals surface area contributed by atoms with Crippen LogP contribution in [0.5, 0.6) is 0 Å². The van der Waals surface area contributed by atoms with Gasteiger partial charge in [-0.2, -0.15) is 0 Å². The summed E-state index contributed by atoms with van der Waals surface area (Å²) in [6.07, 6.45) is 0.803. The van der Waals surface area contributed by atoms with Crippen molar-refractivity contribution in [3.8, 4) is 0 Å². The normalized spacial score (nSPS) is 25.0. The number of carbonyl (C=O) groups is 1. The number of benzene rings is 3. The molecule has 3 aromatic carbocycles. The van der Waals surface area contributed by atoms with Gasteiger partial charge < -0.3 is 14.0 Å². The fraction of sp³-hybridized carbons (Fsp3) is 0.323. The van der Waals surface area contributed by atoms with E-state index in [0.717, 1.165) is 22.5 Å². The zero-order chi connectivity index (χ0) is 28.1. The molecule has 2 aliphatic heterocycles. The molecule has 3 heterocycles. The number of amides is 1. The molecule has 7 nitrogen and oxygen atoms in total. The Morgan fingerprint density at radius 3 is 2.38 bits per heavy atom. The van der Waals surface area contributed by atoms with Crippen LogP contribution in [0.3, 0.4) is 0 Å². The first kappa shape index (κ1) is 26.6. The van der Waals surface area contributed by atoms with E-state index in [1.165, 1.54) is 0 Å². The molecule has 6 rings (SSSR count). The van der Waals surface area contributed by atoms with Gasteiger partial charge >= 0.3 is 0 Å². The molecule has 0 radical (unpaired) electrons. The third-order valence-corrected chi connectivity index (χ3v) is 10.8. The average molecular weight is 557 g/mol.